The van der Waals surface area contributed by atoms with E-state index in [0.29, 0.717) is 16.9 Å². The standard InChI is InChI=1S/C15H12N4O/c1-10-4-5-12-13(6-7-14(20)15(12)17-10)19-18-11-3-2-8-16-9-11/h2-9,20H,1H3. The van der Waals surface area contributed by atoms with Crippen molar-refractivity contribution in [3.63, 3.8) is 0 Å². The largest absolute Gasteiger partial charge is 0.506 e. The van der Waals surface area contributed by atoms with E-state index in [1.54, 1.807) is 30.6 Å². The molecular formula is C15H12N4O. The number of nitrogens with zero attached hydrogens (tertiary/aromatic N) is 4. The van der Waals surface area contributed by atoms with Gasteiger partial charge in [-0.2, -0.15) is 0 Å². The van der Waals surface area contributed by atoms with Gasteiger partial charge in [0.05, 0.1) is 11.9 Å². The van der Waals surface area contributed by atoms with Gasteiger partial charge in [0.15, 0.2) is 0 Å². The van der Waals surface area contributed by atoms with Crippen LogP contribution >= 0.6 is 0 Å². The molecule has 0 radical (unpaired) electrons. The molecule has 0 amide bonds. The first-order valence-corrected chi connectivity index (χ1v) is 6.15. The first-order chi connectivity index (χ1) is 9.74. The van der Waals surface area contributed by atoms with Crippen LogP contribution in [0.15, 0.2) is 59.0 Å². The molecule has 5 heteroatoms. The third kappa shape index (κ3) is 2.33. The Morgan fingerprint density at radius 2 is 1.95 bits per heavy atom. The maximum atomic E-state index is 9.86. The number of azo groups is 1. The summed E-state index contributed by atoms with van der Waals surface area (Å²) >= 11 is 0. The van der Waals surface area contributed by atoms with Crippen LogP contribution in [0.1, 0.15) is 5.69 Å². The third-order valence-corrected chi connectivity index (χ3v) is 2.87. The number of benzene rings is 1. The van der Waals surface area contributed by atoms with Gasteiger partial charge in [-0.15, -0.1) is 10.2 Å². The number of hydrogen-bond acceptors (Lipinski definition) is 5. The van der Waals surface area contributed by atoms with E-state index in [1.165, 1.54) is 0 Å². The maximum absolute atomic E-state index is 9.86. The molecule has 0 saturated heterocycles. The van der Waals surface area contributed by atoms with Crippen molar-refractivity contribution in [2.75, 3.05) is 0 Å². The summed E-state index contributed by atoms with van der Waals surface area (Å²) in [6, 6.07) is 10.7. The van der Waals surface area contributed by atoms with Gasteiger partial charge in [-0.1, -0.05) is 0 Å². The first-order valence-electron chi connectivity index (χ1n) is 6.15. The Labute approximate surface area is 115 Å². The molecule has 3 aromatic rings. The van der Waals surface area contributed by atoms with Crippen molar-refractivity contribution in [2.45, 2.75) is 6.92 Å². The molecule has 1 aromatic carbocycles. The summed E-state index contributed by atoms with van der Waals surface area (Å²) in [5.41, 5.74) is 2.71. The molecule has 98 valence electrons. The number of pyridine rings is 2. The highest BCUT2D eigenvalue weighted by molar-refractivity contribution is 5.93. The monoisotopic (exact) mass is 264 g/mol. The molecule has 0 saturated carbocycles. The number of aromatic nitrogens is 2. The van der Waals surface area contributed by atoms with E-state index in [9.17, 15) is 5.11 Å². The smallest absolute Gasteiger partial charge is 0.141 e. The van der Waals surface area contributed by atoms with Crippen molar-refractivity contribution < 1.29 is 5.11 Å². The van der Waals surface area contributed by atoms with Gasteiger partial charge in [0.25, 0.3) is 0 Å². The Morgan fingerprint density at radius 1 is 1.05 bits per heavy atom. The van der Waals surface area contributed by atoms with Crippen LogP contribution in [0.25, 0.3) is 10.9 Å². The second-order valence-electron chi connectivity index (χ2n) is 4.36. The minimum Gasteiger partial charge on any atom is -0.506 e. The molecule has 0 spiro atoms. The lowest BCUT2D eigenvalue weighted by Gasteiger charge is -2.04. The van der Waals surface area contributed by atoms with E-state index in [0.717, 1.165) is 11.1 Å². The van der Waals surface area contributed by atoms with Gasteiger partial charge in [0.1, 0.15) is 17.0 Å². The summed E-state index contributed by atoms with van der Waals surface area (Å²) < 4.78 is 0. The molecule has 0 aliphatic rings. The highest BCUT2D eigenvalue weighted by Crippen LogP contribution is 2.32. The van der Waals surface area contributed by atoms with E-state index >= 15 is 0 Å². The molecule has 0 aliphatic heterocycles. The van der Waals surface area contributed by atoms with Crippen LogP contribution in [-0.2, 0) is 0 Å². The first kappa shape index (κ1) is 12.2. The van der Waals surface area contributed by atoms with Crippen LogP contribution < -0.4 is 0 Å². The minimum absolute atomic E-state index is 0.143. The normalized spacial score (nSPS) is 11.2. The van der Waals surface area contributed by atoms with Gasteiger partial charge < -0.3 is 5.11 Å². The average Bonchev–Trinajstić information content (AvgIpc) is 2.48. The number of aryl methyl sites for hydroxylation is 1. The van der Waals surface area contributed by atoms with Gasteiger partial charge in [-0.05, 0) is 43.3 Å². The lowest BCUT2D eigenvalue weighted by atomic mass is 10.1. The predicted octanol–water partition coefficient (Wildman–Crippen LogP) is 4.06. The Kier molecular flexibility index (Phi) is 3.09. The van der Waals surface area contributed by atoms with Crippen LogP contribution in [0.5, 0.6) is 5.75 Å². The van der Waals surface area contributed by atoms with Gasteiger partial charge in [0.2, 0.25) is 0 Å². The van der Waals surface area contributed by atoms with Crippen molar-refractivity contribution in [3.8, 4) is 5.75 Å². The summed E-state index contributed by atoms with van der Waals surface area (Å²) in [5, 5.41) is 19.0. The molecule has 0 atom stereocenters. The van der Waals surface area contributed by atoms with Crippen LogP contribution in [-0.4, -0.2) is 15.1 Å². The fraction of sp³-hybridized carbons (Fsp3) is 0.0667. The zero-order valence-corrected chi connectivity index (χ0v) is 10.9. The third-order valence-electron chi connectivity index (χ3n) is 2.87. The average molecular weight is 264 g/mol. The second-order valence-corrected chi connectivity index (χ2v) is 4.36. The highest BCUT2D eigenvalue weighted by atomic mass is 16.3. The van der Waals surface area contributed by atoms with Crippen LogP contribution in [0, 0.1) is 6.92 Å². The van der Waals surface area contributed by atoms with Crippen molar-refractivity contribution >= 4 is 22.3 Å². The number of phenols is 1. The van der Waals surface area contributed by atoms with Gasteiger partial charge in [-0.3, -0.25) is 4.98 Å². The molecule has 0 unspecified atom stereocenters. The minimum atomic E-state index is 0.143. The molecule has 3 rings (SSSR count). The summed E-state index contributed by atoms with van der Waals surface area (Å²) in [6.45, 7) is 1.88. The lowest BCUT2D eigenvalue weighted by Crippen LogP contribution is -1.84. The maximum Gasteiger partial charge on any atom is 0.141 e. The van der Waals surface area contributed by atoms with Gasteiger partial charge >= 0.3 is 0 Å². The topological polar surface area (TPSA) is 70.7 Å². The Morgan fingerprint density at radius 3 is 2.75 bits per heavy atom. The summed E-state index contributed by atoms with van der Waals surface area (Å²) in [4.78, 5) is 8.31. The molecule has 20 heavy (non-hydrogen) atoms. The number of rotatable bonds is 2. The molecule has 0 fully saturated rings. The Balaban J connectivity index is 2.09. The van der Waals surface area contributed by atoms with E-state index in [4.69, 9.17) is 0 Å². The molecule has 2 aromatic heterocycles. The SMILES string of the molecule is Cc1ccc2c(N=Nc3cccnc3)ccc(O)c2n1. The van der Waals surface area contributed by atoms with Crippen LogP contribution in [0.4, 0.5) is 11.4 Å². The van der Waals surface area contributed by atoms with Crippen molar-refractivity contribution in [3.05, 3.63) is 54.5 Å². The fourth-order valence-corrected chi connectivity index (χ4v) is 1.90. The van der Waals surface area contributed by atoms with E-state index in [2.05, 4.69) is 20.2 Å². The summed E-state index contributed by atoms with van der Waals surface area (Å²) in [7, 11) is 0. The van der Waals surface area contributed by atoms with Crippen molar-refractivity contribution in [2.24, 2.45) is 10.2 Å². The molecule has 0 bridgehead atoms. The molecular weight excluding hydrogens is 252 g/mol. The lowest BCUT2D eigenvalue weighted by molar-refractivity contribution is 0.480. The molecule has 2 heterocycles. The second kappa shape index (κ2) is 5.05. The number of phenolic OH excluding ortho intramolecular Hbond substituents is 1. The highest BCUT2D eigenvalue weighted by Gasteiger charge is 2.06. The summed E-state index contributed by atoms with van der Waals surface area (Å²) in [6.07, 6.45) is 3.32. The molecule has 1 N–H and O–H groups in total. The van der Waals surface area contributed by atoms with Crippen molar-refractivity contribution in [1.29, 1.82) is 0 Å². The Hall–Kier alpha value is -2.82. The summed E-state index contributed by atoms with van der Waals surface area (Å²) in [5.74, 6) is 0.143. The van der Waals surface area contributed by atoms with E-state index < -0.39 is 0 Å². The number of aromatic hydroxyl groups is 1. The predicted molar refractivity (Wildman–Crippen MR) is 76.6 cm³/mol. The Bertz CT molecular complexity index is 784. The molecule has 5 nitrogen and oxygen atoms in total. The van der Waals surface area contributed by atoms with E-state index in [1.807, 2.05) is 25.1 Å². The number of hydrogen-bond donors (Lipinski definition) is 1. The quantitative estimate of drug-likeness (QED) is 0.709. The van der Waals surface area contributed by atoms with Crippen LogP contribution in [0.2, 0.25) is 0 Å². The number of fused-ring (bicyclic) bond motifs is 1. The van der Waals surface area contributed by atoms with E-state index in [-0.39, 0.29) is 5.75 Å². The fourth-order valence-electron chi connectivity index (χ4n) is 1.90. The van der Waals surface area contributed by atoms with Gasteiger partial charge in [-0.25, -0.2) is 4.98 Å². The zero-order chi connectivity index (χ0) is 13.9. The molecule has 0 aliphatic carbocycles. The van der Waals surface area contributed by atoms with Crippen LogP contribution in [0.3, 0.4) is 0 Å². The van der Waals surface area contributed by atoms with Crippen molar-refractivity contribution in [1.82, 2.24) is 9.97 Å². The van der Waals surface area contributed by atoms with Gasteiger partial charge in [0, 0.05) is 17.3 Å². The zero-order valence-electron chi connectivity index (χ0n) is 10.9.